The van der Waals surface area contributed by atoms with E-state index in [1.54, 1.807) is 24.3 Å². The lowest BCUT2D eigenvalue weighted by atomic mass is 10.0. The third-order valence-corrected chi connectivity index (χ3v) is 4.39. The number of sulfone groups is 1. The molecule has 2 aromatic rings. The Bertz CT molecular complexity index is 649. The van der Waals surface area contributed by atoms with Crippen molar-refractivity contribution in [1.29, 1.82) is 0 Å². The monoisotopic (exact) mass is 289 g/mol. The maximum absolute atomic E-state index is 11.4. The summed E-state index contributed by atoms with van der Waals surface area (Å²) in [5.74, 6) is 0.394. The summed E-state index contributed by atoms with van der Waals surface area (Å²) in [5, 5.41) is 3.33. The van der Waals surface area contributed by atoms with Crippen LogP contribution in [0.2, 0.25) is 0 Å². The lowest BCUT2D eigenvalue weighted by Crippen LogP contribution is -2.09. The summed E-state index contributed by atoms with van der Waals surface area (Å²) in [4.78, 5) is 0.346. The molecule has 1 unspecified atom stereocenters. The fourth-order valence-corrected chi connectivity index (χ4v) is 2.62. The van der Waals surface area contributed by atoms with Crippen molar-refractivity contribution in [2.45, 2.75) is 17.7 Å². The first-order chi connectivity index (χ1) is 9.47. The van der Waals surface area contributed by atoms with Crippen LogP contribution in [0.5, 0.6) is 0 Å². The highest BCUT2D eigenvalue weighted by molar-refractivity contribution is 7.90. The Morgan fingerprint density at radius 1 is 1.00 bits per heavy atom. The highest BCUT2D eigenvalue weighted by Gasteiger charge is 2.07. The predicted octanol–water partition coefficient (Wildman–Crippen LogP) is 3.31. The molecule has 0 saturated carbocycles. The zero-order chi connectivity index (χ0) is 14.6. The van der Waals surface area contributed by atoms with Gasteiger partial charge in [0.25, 0.3) is 0 Å². The molecule has 1 N–H and O–H groups in total. The molecule has 0 aliphatic carbocycles. The molecule has 106 valence electrons. The molecule has 0 spiro atoms. The Hall–Kier alpha value is -1.81. The molecule has 2 aromatic carbocycles. The lowest BCUT2D eigenvalue weighted by molar-refractivity contribution is 0.602. The maximum Gasteiger partial charge on any atom is 0.175 e. The van der Waals surface area contributed by atoms with Gasteiger partial charge in [0.1, 0.15) is 0 Å². The van der Waals surface area contributed by atoms with Crippen LogP contribution in [0.4, 0.5) is 5.69 Å². The average molecular weight is 289 g/mol. The van der Waals surface area contributed by atoms with Gasteiger partial charge in [-0.3, -0.25) is 0 Å². The lowest BCUT2D eigenvalue weighted by Gasteiger charge is -2.14. The van der Waals surface area contributed by atoms with E-state index in [2.05, 4.69) is 24.4 Å². The minimum Gasteiger partial charge on any atom is -0.384 e. The van der Waals surface area contributed by atoms with Gasteiger partial charge in [-0.25, -0.2) is 8.42 Å². The largest absolute Gasteiger partial charge is 0.384 e. The molecule has 4 heteroatoms. The first-order valence-electron chi connectivity index (χ1n) is 6.56. The van der Waals surface area contributed by atoms with E-state index < -0.39 is 9.84 Å². The predicted molar refractivity (Wildman–Crippen MR) is 82.9 cm³/mol. The van der Waals surface area contributed by atoms with Crippen LogP contribution in [-0.2, 0) is 9.84 Å². The summed E-state index contributed by atoms with van der Waals surface area (Å²) in [6.45, 7) is 2.97. The van der Waals surface area contributed by atoms with Crippen LogP contribution >= 0.6 is 0 Å². The van der Waals surface area contributed by atoms with Gasteiger partial charge in [-0.15, -0.1) is 0 Å². The second kappa shape index (κ2) is 6.09. The fourth-order valence-electron chi connectivity index (χ4n) is 1.99. The Morgan fingerprint density at radius 3 is 2.15 bits per heavy atom. The highest BCUT2D eigenvalue weighted by Crippen LogP contribution is 2.17. The van der Waals surface area contributed by atoms with E-state index in [-0.39, 0.29) is 0 Å². The topological polar surface area (TPSA) is 46.2 Å². The molecule has 0 aromatic heterocycles. The van der Waals surface area contributed by atoms with Crippen molar-refractivity contribution in [2.24, 2.45) is 0 Å². The molecule has 0 amide bonds. The summed E-state index contributed by atoms with van der Waals surface area (Å²) in [7, 11) is -3.12. The van der Waals surface area contributed by atoms with Crippen molar-refractivity contribution in [3.8, 4) is 0 Å². The average Bonchev–Trinajstić information content (AvgIpc) is 2.45. The van der Waals surface area contributed by atoms with E-state index >= 15 is 0 Å². The molecule has 0 bridgehead atoms. The molecule has 0 fully saturated rings. The molecule has 0 aliphatic rings. The standard InChI is InChI=1S/C16H19NO2S/c1-13(14-6-4-3-5-7-14)12-17-15-8-10-16(11-9-15)20(2,18)19/h3-11,13,17H,12H2,1-2H3. The van der Waals surface area contributed by atoms with Crippen LogP contribution in [0.25, 0.3) is 0 Å². The first kappa shape index (κ1) is 14.6. The Balaban J connectivity index is 1.98. The Labute approximate surface area is 120 Å². The summed E-state index contributed by atoms with van der Waals surface area (Å²) in [6, 6.07) is 17.2. The minimum atomic E-state index is -3.12. The molecule has 0 saturated heterocycles. The van der Waals surface area contributed by atoms with E-state index in [4.69, 9.17) is 0 Å². The number of benzene rings is 2. The van der Waals surface area contributed by atoms with E-state index in [1.165, 1.54) is 11.8 Å². The normalized spacial score (nSPS) is 12.9. The Kier molecular flexibility index (Phi) is 4.45. The number of hydrogen-bond acceptors (Lipinski definition) is 3. The fraction of sp³-hybridized carbons (Fsp3) is 0.250. The van der Waals surface area contributed by atoms with Crippen LogP contribution < -0.4 is 5.32 Å². The van der Waals surface area contributed by atoms with Crippen molar-refractivity contribution in [3.05, 3.63) is 60.2 Å². The van der Waals surface area contributed by atoms with Gasteiger partial charge in [-0.1, -0.05) is 37.3 Å². The molecular formula is C16H19NO2S. The van der Waals surface area contributed by atoms with Crippen molar-refractivity contribution in [2.75, 3.05) is 18.1 Å². The van der Waals surface area contributed by atoms with Gasteiger partial charge in [-0.05, 0) is 35.7 Å². The molecular weight excluding hydrogens is 270 g/mol. The van der Waals surface area contributed by atoms with Gasteiger partial charge < -0.3 is 5.32 Å². The second-order valence-electron chi connectivity index (χ2n) is 4.99. The summed E-state index contributed by atoms with van der Waals surface area (Å²) in [6.07, 6.45) is 1.22. The Morgan fingerprint density at radius 2 is 1.60 bits per heavy atom. The van der Waals surface area contributed by atoms with Gasteiger partial charge in [0, 0.05) is 18.5 Å². The van der Waals surface area contributed by atoms with E-state index in [0.29, 0.717) is 10.8 Å². The van der Waals surface area contributed by atoms with Crippen LogP contribution in [0, 0.1) is 0 Å². The molecule has 0 heterocycles. The van der Waals surface area contributed by atoms with Gasteiger partial charge in [0.2, 0.25) is 0 Å². The third kappa shape index (κ3) is 3.84. The SMILES string of the molecule is CC(CNc1ccc(S(C)(=O)=O)cc1)c1ccccc1. The third-order valence-electron chi connectivity index (χ3n) is 3.26. The van der Waals surface area contributed by atoms with Crippen molar-refractivity contribution < 1.29 is 8.42 Å². The number of hydrogen-bond donors (Lipinski definition) is 1. The van der Waals surface area contributed by atoms with Crippen LogP contribution in [0.1, 0.15) is 18.4 Å². The van der Waals surface area contributed by atoms with Gasteiger partial charge >= 0.3 is 0 Å². The van der Waals surface area contributed by atoms with Crippen molar-refractivity contribution >= 4 is 15.5 Å². The van der Waals surface area contributed by atoms with E-state index in [1.807, 2.05) is 18.2 Å². The quantitative estimate of drug-likeness (QED) is 0.918. The molecule has 2 rings (SSSR count). The van der Waals surface area contributed by atoms with Gasteiger partial charge in [0.05, 0.1) is 4.90 Å². The molecule has 20 heavy (non-hydrogen) atoms. The van der Waals surface area contributed by atoms with Crippen LogP contribution in [-0.4, -0.2) is 21.2 Å². The number of anilines is 1. The number of rotatable bonds is 5. The molecule has 0 radical (unpaired) electrons. The highest BCUT2D eigenvalue weighted by atomic mass is 32.2. The summed E-state index contributed by atoms with van der Waals surface area (Å²) >= 11 is 0. The molecule has 1 atom stereocenters. The van der Waals surface area contributed by atoms with Crippen LogP contribution in [0.3, 0.4) is 0 Å². The van der Waals surface area contributed by atoms with Crippen molar-refractivity contribution in [1.82, 2.24) is 0 Å². The summed E-state index contributed by atoms with van der Waals surface area (Å²) < 4.78 is 22.7. The zero-order valence-corrected chi connectivity index (χ0v) is 12.5. The van der Waals surface area contributed by atoms with Gasteiger partial charge in [-0.2, -0.15) is 0 Å². The second-order valence-corrected chi connectivity index (χ2v) is 7.00. The minimum absolute atomic E-state index is 0.346. The van der Waals surface area contributed by atoms with E-state index in [9.17, 15) is 8.42 Å². The summed E-state index contributed by atoms with van der Waals surface area (Å²) in [5.41, 5.74) is 2.22. The maximum atomic E-state index is 11.4. The van der Waals surface area contributed by atoms with Crippen molar-refractivity contribution in [3.63, 3.8) is 0 Å². The molecule has 3 nitrogen and oxygen atoms in total. The zero-order valence-electron chi connectivity index (χ0n) is 11.7. The van der Waals surface area contributed by atoms with Gasteiger partial charge in [0.15, 0.2) is 9.84 Å². The number of nitrogens with one attached hydrogen (secondary N) is 1. The van der Waals surface area contributed by atoms with E-state index in [0.717, 1.165) is 12.2 Å². The molecule has 0 aliphatic heterocycles. The smallest absolute Gasteiger partial charge is 0.175 e. The van der Waals surface area contributed by atoms with Crippen LogP contribution in [0.15, 0.2) is 59.5 Å². The first-order valence-corrected chi connectivity index (χ1v) is 8.45.